The number of nitrogen functional groups attached to an aromatic ring is 1. The minimum atomic E-state index is 0.125. The van der Waals surface area contributed by atoms with Gasteiger partial charge < -0.3 is 20.5 Å². The van der Waals surface area contributed by atoms with Gasteiger partial charge in [-0.3, -0.25) is 0 Å². The highest BCUT2D eigenvalue weighted by atomic mass is 16.5. The number of anilines is 2. The molecule has 0 saturated carbocycles. The molecule has 0 aliphatic carbocycles. The van der Waals surface area contributed by atoms with Gasteiger partial charge in [-0.1, -0.05) is 6.07 Å². The van der Waals surface area contributed by atoms with E-state index in [-0.39, 0.29) is 6.10 Å². The third kappa shape index (κ3) is 3.79. The first-order chi connectivity index (χ1) is 9.58. The molecule has 4 nitrogen and oxygen atoms in total. The summed E-state index contributed by atoms with van der Waals surface area (Å²) in [7, 11) is 0. The van der Waals surface area contributed by atoms with Crippen LogP contribution in [0.15, 0.2) is 18.2 Å². The Morgan fingerprint density at radius 3 is 2.60 bits per heavy atom. The zero-order valence-corrected chi connectivity index (χ0v) is 12.7. The topological polar surface area (TPSA) is 56.5 Å². The van der Waals surface area contributed by atoms with E-state index in [1.165, 1.54) is 0 Å². The van der Waals surface area contributed by atoms with Crippen molar-refractivity contribution < 1.29 is 9.47 Å². The first-order valence-electron chi connectivity index (χ1n) is 7.47. The molecule has 2 rings (SSSR count). The highest BCUT2D eigenvalue weighted by molar-refractivity contribution is 5.73. The van der Waals surface area contributed by atoms with Gasteiger partial charge in [-0.15, -0.1) is 0 Å². The molecule has 112 valence electrons. The summed E-state index contributed by atoms with van der Waals surface area (Å²) in [5, 5.41) is 3.53. The van der Waals surface area contributed by atoms with Crippen LogP contribution in [0.5, 0.6) is 5.75 Å². The minimum Gasteiger partial charge on any atom is -0.489 e. The standard InChI is InChI=1S/C16H26N2O2/c1-11(2)20-15-6-4-5-14(16(15)17)18-12(3)13-7-9-19-10-8-13/h4-6,11-13,18H,7-10,17H2,1-3H3. The molecule has 0 bridgehead atoms. The molecule has 1 unspecified atom stereocenters. The van der Waals surface area contributed by atoms with E-state index in [0.29, 0.717) is 17.6 Å². The van der Waals surface area contributed by atoms with Crippen molar-refractivity contribution in [1.29, 1.82) is 0 Å². The van der Waals surface area contributed by atoms with Gasteiger partial charge in [0.2, 0.25) is 0 Å². The maximum Gasteiger partial charge on any atom is 0.144 e. The van der Waals surface area contributed by atoms with E-state index in [2.05, 4.69) is 12.2 Å². The zero-order chi connectivity index (χ0) is 14.5. The van der Waals surface area contributed by atoms with E-state index >= 15 is 0 Å². The van der Waals surface area contributed by atoms with Crippen molar-refractivity contribution in [2.45, 2.75) is 45.8 Å². The summed E-state index contributed by atoms with van der Waals surface area (Å²) in [4.78, 5) is 0. The molecule has 1 aliphatic rings. The van der Waals surface area contributed by atoms with Crippen LogP contribution in [-0.2, 0) is 4.74 Å². The van der Waals surface area contributed by atoms with Gasteiger partial charge in [-0.25, -0.2) is 0 Å². The summed E-state index contributed by atoms with van der Waals surface area (Å²) in [5.74, 6) is 1.39. The first kappa shape index (κ1) is 15.0. The molecule has 1 fully saturated rings. The van der Waals surface area contributed by atoms with E-state index in [1.807, 2.05) is 32.0 Å². The van der Waals surface area contributed by atoms with Crippen molar-refractivity contribution in [3.8, 4) is 5.75 Å². The van der Waals surface area contributed by atoms with Crippen LogP contribution >= 0.6 is 0 Å². The van der Waals surface area contributed by atoms with Crippen LogP contribution in [0.25, 0.3) is 0 Å². The number of rotatable bonds is 5. The summed E-state index contributed by atoms with van der Waals surface area (Å²) in [6.07, 6.45) is 2.34. The second-order valence-corrected chi connectivity index (χ2v) is 5.77. The van der Waals surface area contributed by atoms with Crippen molar-refractivity contribution in [2.75, 3.05) is 24.3 Å². The lowest BCUT2D eigenvalue weighted by Crippen LogP contribution is -2.31. The summed E-state index contributed by atoms with van der Waals surface area (Å²) >= 11 is 0. The van der Waals surface area contributed by atoms with Crippen molar-refractivity contribution in [3.05, 3.63) is 18.2 Å². The summed E-state index contributed by atoms with van der Waals surface area (Å²) < 4.78 is 11.1. The highest BCUT2D eigenvalue weighted by Crippen LogP contribution is 2.32. The predicted octanol–water partition coefficient (Wildman–Crippen LogP) is 3.28. The number of ether oxygens (including phenoxy) is 2. The summed E-state index contributed by atoms with van der Waals surface area (Å²) in [6, 6.07) is 6.29. The van der Waals surface area contributed by atoms with Crippen molar-refractivity contribution in [3.63, 3.8) is 0 Å². The molecule has 1 aromatic rings. The van der Waals surface area contributed by atoms with Crippen LogP contribution in [0.4, 0.5) is 11.4 Å². The molecule has 0 radical (unpaired) electrons. The Morgan fingerprint density at radius 1 is 1.25 bits per heavy atom. The second kappa shape index (κ2) is 6.84. The third-order valence-electron chi connectivity index (χ3n) is 3.79. The van der Waals surface area contributed by atoms with Gasteiger partial charge in [-0.2, -0.15) is 0 Å². The highest BCUT2D eigenvalue weighted by Gasteiger charge is 2.21. The number of nitrogens with two attached hydrogens (primary N) is 1. The molecule has 0 aromatic heterocycles. The van der Waals surface area contributed by atoms with Crippen LogP contribution in [0, 0.1) is 5.92 Å². The normalized spacial score (nSPS) is 18.0. The van der Waals surface area contributed by atoms with Gasteiger partial charge in [0.05, 0.1) is 17.5 Å². The number of hydrogen-bond donors (Lipinski definition) is 2. The maximum atomic E-state index is 6.20. The second-order valence-electron chi connectivity index (χ2n) is 5.77. The number of benzene rings is 1. The fourth-order valence-electron chi connectivity index (χ4n) is 2.61. The Bertz CT molecular complexity index is 428. The smallest absolute Gasteiger partial charge is 0.144 e. The Labute approximate surface area is 121 Å². The Balaban J connectivity index is 2.04. The lowest BCUT2D eigenvalue weighted by atomic mass is 9.92. The van der Waals surface area contributed by atoms with Crippen LogP contribution in [-0.4, -0.2) is 25.4 Å². The molecule has 3 N–H and O–H groups in total. The summed E-state index contributed by atoms with van der Waals surface area (Å²) in [6.45, 7) is 7.95. The van der Waals surface area contributed by atoms with Crippen LogP contribution in [0.1, 0.15) is 33.6 Å². The molecule has 4 heteroatoms. The van der Waals surface area contributed by atoms with Gasteiger partial charge in [0.25, 0.3) is 0 Å². The molecule has 0 amide bonds. The maximum absolute atomic E-state index is 6.20. The lowest BCUT2D eigenvalue weighted by molar-refractivity contribution is 0.0622. The van der Waals surface area contributed by atoms with E-state index in [4.69, 9.17) is 15.2 Å². The molecule has 1 aromatic carbocycles. The minimum absolute atomic E-state index is 0.125. The molecule has 0 spiro atoms. The van der Waals surface area contributed by atoms with Crippen LogP contribution in [0.2, 0.25) is 0 Å². The van der Waals surface area contributed by atoms with Gasteiger partial charge >= 0.3 is 0 Å². The molecule has 20 heavy (non-hydrogen) atoms. The van der Waals surface area contributed by atoms with E-state index in [9.17, 15) is 0 Å². The number of nitrogens with one attached hydrogen (secondary N) is 1. The quantitative estimate of drug-likeness (QED) is 0.812. The Kier molecular flexibility index (Phi) is 5.12. The Morgan fingerprint density at radius 2 is 1.95 bits per heavy atom. The SMILES string of the molecule is CC(C)Oc1cccc(NC(C)C2CCOCC2)c1N. The molecule has 1 saturated heterocycles. The van der Waals surface area contributed by atoms with E-state index in [1.54, 1.807) is 0 Å². The van der Waals surface area contributed by atoms with Crippen LogP contribution < -0.4 is 15.8 Å². The largest absolute Gasteiger partial charge is 0.489 e. The first-order valence-corrected chi connectivity index (χ1v) is 7.47. The van der Waals surface area contributed by atoms with E-state index < -0.39 is 0 Å². The van der Waals surface area contributed by atoms with Gasteiger partial charge in [0.15, 0.2) is 0 Å². The lowest BCUT2D eigenvalue weighted by Gasteiger charge is -2.29. The fourth-order valence-corrected chi connectivity index (χ4v) is 2.61. The van der Waals surface area contributed by atoms with Gasteiger partial charge in [-0.05, 0) is 51.7 Å². The fraction of sp³-hybridized carbons (Fsp3) is 0.625. The number of hydrogen-bond acceptors (Lipinski definition) is 4. The van der Waals surface area contributed by atoms with Crippen molar-refractivity contribution >= 4 is 11.4 Å². The zero-order valence-electron chi connectivity index (χ0n) is 12.7. The van der Waals surface area contributed by atoms with Crippen molar-refractivity contribution in [2.24, 2.45) is 5.92 Å². The molecular weight excluding hydrogens is 252 g/mol. The molecule has 1 heterocycles. The third-order valence-corrected chi connectivity index (χ3v) is 3.79. The average molecular weight is 278 g/mol. The predicted molar refractivity (Wildman–Crippen MR) is 83.2 cm³/mol. The van der Waals surface area contributed by atoms with Crippen molar-refractivity contribution in [1.82, 2.24) is 0 Å². The average Bonchev–Trinajstić information content (AvgIpc) is 2.43. The number of para-hydroxylation sites is 1. The molecule has 1 atom stereocenters. The molecular formula is C16H26N2O2. The van der Waals surface area contributed by atoms with Gasteiger partial charge in [0, 0.05) is 19.3 Å². The summed E-state index contributed by atoms with van der Waals surface area (Å²) in [5.41, 5.74) is 7.85. The van der Waals surface area contributed by atoms with E-state index in [0.717, 1.165) is 37.5 Å². The van der Waals surface area contributed by atoms with Gasteiger partial charge in [0.1, 0.15) is 5.75 Å². The monoisotopic (exact) mass is 278 g/mol. The Hall–Kier alpha value is -1.42. The van der Waals surface area contributed by atoms with Crippen LogP contribution in [0.3, 0.4) is 0 Å². The molecule has 1 aliphatic heterocycles.